The molecule has 0 amide bonds. The molecular formula is C15H17FN2O2S. The molecule has 0 spiro atoms. The zero-order valence-corrected chi connectivity index (χ0v) is 12.6. The van der Waals surface area contributed by atoms with E-state index in [0.29, 0.717) is 11.4 Å². The minimum Gasteiger partial charge on any atom is -0.397 e. The number of rotatable bonds is 4. The molecule has 112 valence electrons. The van der Waals surface area contributed by atoms with Crippen LogP contribution >= 0.6 is 0 Å². The van der Waals surface area contributed by atoms with E-state index in [0.717, 1.165) is 11.8 Å². The molecule has 4 nitrogen and oxygen atoms in total. The number of benzene rings is 2. The molecule has 1 atom stereocenters. The highest BCUT2D eigenvalue weighted by Crippen LogP contribution is 2.27. The second-order valence-electron chi connectivity index (χ2n) is 4.94. The molecule has 0 aliphatic heterocycles. The van der Waals surface area contributed by atoms with Crippen LogP contribution < -0.4 is 11.1 Å². The van der Waals surface area contributed by atoms with Crippen LogP contribution in [0.4, 0.5) is 15.8 Å². The summed E-state index contributed by atoms with van der Waals surface area (Å²) in [5.74, 6) is -0.304. The Morgan fingerprint density at radius 2 is 1.90 bits per heavy atom. The smallest absolute Gasteiger partial charge is 0.175 e. The Labute approximate surface area is 123 Å². The highest BCUT2D eigenvalue weighted by Gasteiger charge is 2.12. The van der Waals surface area contributed by atoms with Crippen molar-refractivity contribution in [1.82, 2.24) is 0 Å². The van der Waals surface area contributed by atoms with Gasteiger partial charge in [0.1, 0.15) is 5.82 Å². The van der Waals surface area contributed by atoms with Gasteiger partial charge in [-0.25, -0.2) is 12.8 Å². The lowest BCUT2D eigenvalue weighted by Gasteiger charge is -2.17. The van der Waals surface area contributed by atoms with E-state index in [1.807, 2.05) is 13.0 Å². The number of nitrogens with two attached hydrogens (primary N) is 1. The zero-order valence-electron chi connectivity index (χ0n) is 11.8. The quantitative estimate of drug-likeness (QED) is 0.852. The van der Waals surface area contributed by atoms with Crippen LogP contribution in [0.5, 0.6) is 0 Å². The van der Waals surface area contributed by atoms with E-state index in [-0.39, 0.29) is 16.8 Å². The summed E-state index contributed by atoms with van der Waals surface area (Å²) in [7, 11) is -3.29. The van der Waals surface area contributed by atoms with Gasteiger partial charge in [-0.15, -0.1) is 0 Å². The van der Waals surface area contributed by atoms with Crippen molar-refractivity contribution >= 4 is 21.2 Å². The average Bonchev–Trinajstić information content (AvgIpc) is 2.39. The van der Waals surface area contributed by atoms with E-state index in [1.54, 1.807) is 12.1 Å². The van der Waals surface area contributed by atoms with Crippen molar-refractivity contribution in [3.05, 3.63) is 53.8 Å². The normalized spacial score (nSPS) is 12.9. The fourth-order valence-electron chi connectivity index (χ4n) is 2.00. The van der Waals surface area contributed by atoms with Crippen molar-refractivity contribution in [2.24, 2.45) is 0 Å². The van der Waals surface area contributed by atoms with Gasteiger partial charge in [-0.1, -0.05) is 12.1 Å². The predicted molar refractivity (Wildman–Crippen MR) is 82.4 cm³/mol. The fourth-order valence-corrected chi connectivity index (χ4v) is 2.65. The number of sulfone groups is 1. The lowest BCUT2D eigenvalue weighted by Crippen LogP contribution is -2.09. The molecule has 0 aliphatic carbocycles. The maximum Gasteiger partial charge on any atom is 0.175 e. The first-order valence-electron chi connectivity index (χ1n) is 6.39. The number of anilines is 2. The van der Waals surface area contributed by atoms with Gasteiger partial charge in [-0.2, -0.15) is 0 Å². The monoisotopic (exact) mass is 308 g/mol. The number of hydrogen-bond acceptors (Lipinski definition) is 4. The van der Waals surface area contributed by atoms with Crippen LogP contribution in [0.15, 0.2) is 47.4 Å². The molecule has 3 N–H and O–H groups in total. The number of hydrogen-bond donors (Lipinski definition) is 2. The third-order valence-electron chi connectivity index (χ3n) is 3.17. The van der Waals surface area contributed by atoms with Gasteiger partial charge < -0.3 is 11.1 Å². The largest absolute Gasteiger partial charge is 0.397 e. The Hall–Kier alpha value is -2.08. The van der Waals surface area contributed by atoms with Crippen LogP contribution in [0.1, 0.15) is 18.5 Å². The Kier molecular flexibility index (Phi) is 4.18. The van der Waals surface area contributed by atoms with Gasteiger partial charge in [0.15, 0.2) is 9.84 Å². The molecule has 1 unspecified atom stereocenters. The van der Waals surface area contributed by atoms with Gasteiger partial charge in [-0.05, 0) is 42.8 Å². The Morgan fingerprint density at radius 1 is 1.19 bits per heavy atom. The SMILES string of the molecule is CC(Nc1ccc(S(C)(=O)=O)cc1N)c1cccc(F)c1. The highest BCUT2D eigenvalue weighted by atomic mass is 32.2. The van der Waals surface area contributed by atoms with Crippen LogP contribution in [0.25, 0.3) is 0 Å². The summed E-state index contributed by atoms with van der Waals surface area (Å²) in [6, 6.07) is 10.6. The molecular weight excluding hydrogens is 291 g/mol. The molecule has 0 radical (unpaired) electrons. The van der Waals surface area contributed by atoms with Gasteiger partial charge >= 0.3 is 0 Å². The first-order valence-corrected chi connectivity index (χ1v) is 8.28. The first-order chi connectivity index (χ1) is 9.77. The van der Waals surface area contributed by atoms with Gasteiger partial charge in [0.05, 0.1) is 16.3 Å². The van der Waals surface area contributed by atoms with Crippen molar-refractivity contribution in [3.63, 3.8) is 0 Å². The molecule has 2 aromatic carbocycles. The van der Waals surface area contributed by atoms with E-state index in [2.05, 4.69) is 5.32 Å². The summed E-state index contributed by atoms with van der Waals surface area (Å²) >= 11 is 0. The second kappa shape index (κ2) is 5.73. The Morgan fingerprint density at radius 3 is 2.48 bits per heavy atom. The minimum absolute atomic E-state index is 0.160. The lowest BCUT2D eigenvalue weighted by molar-refractivity contribution is 0.602. The second-order valence-corrected chi connectivity index (χ2v) is 6.96. The Bertz CT molecular complexity index is 760. The van der Waals surface area contributed by atoms with Crippen molar-refractivity contribution in [1.29, 1.82) is 0 Å². The fraction of sp³-hybridized carbons (Fsp3) is 0.200. The van der Waals surface area contributed by atoms with Crippen LogP contribution in [0.3, 0.4) is 0 Å². The van der Waals surface area contributed by atoms with E-state index >= 15 is 0 Å². The third-order valence-corrected chi connectivity index (χ3v) is 4.28. The predicted octanol–water partition coefficient (Wildman–Crippen LogP) is 2.98. The molecule has 6 heteroatoms. The minimum atomic E-state index is -3.29. The summed E-state index contributed by atoms with van der Waals surface area (Å²) in [5, 5.41) is 3.15. The number of nitrogens with one attached hydrogen (secondary N) is 1. The topological polar surface area (TPSA) is 72.2 Å². The summed E-state index contributed by atoms with van der Waals surface area (Å²) in [5.41, 5.74) is 7.60. The zero-order chi connectivity index (χ0) is 15.6. The van der Waals surface area contributed by atoms with E-state index in [9.17, 15) is 12.8 Å². The van der Waals surface area contributed by atoms with Crippen LogP contribution in [-0.4, -0.2) is 14.7 Å². The molecule has 0 aromatic heterocycles. The van der Waals surface area contributed by atoms with Gasteiger partial charge in [0, 0.05) is 12.3 Å². The van der Waals surface area contributed by atoms with E-state index in [4.69, 9.17) is 5.73 Å². The van der Waals surface area contributed by atoms with E-state index in [1.165, 1.54) is 24.3 Å². The average molecular weight is 308 g/mol. The Balaban J connectivity index is 2.24. The lowest BCUT2D eigenvalue weighted by atomic mass is 10.1. The standard InChI is InChI=1S/C15H17FN2O2S/c1-10(11-4-3-5-12(16)8-11)18-15-7-6-13(9-14(15)17)21(2,19)20/h3-10,18H,17H2,1-2H3. The summed E-state index contributed by atoms with van der Waals surface area (Å²) in [6.45, 7) is 1.87. The van der Waals surface area contributed by atoms with Gasteiger partial charge in [-0.3, -0.25) is 0 Å². The molecule has 21 heavy (non-hydrogen) atoms. The van der Waals surface area contributed by atoms with Gasteiger partial charge in [0.2, 0.25) is 0 Å². The molecule has 0 bridgehead atoms. The molecule has 0 aliphatic rings. The van der Waals surface area contributed by atoms with Crippen molar-refractivity contribution < 1.29 is 12.8 Å². The molecule has 0 saturated carbocycles. The third kappa shape index (κ3) is 3.72. The van der Waals surface area contributed by atoms with Gasteiger partial charge in [0.25, 0.3) is 0 Å². The first kappa shape index (κ1) is 15.3. The molecule has 0 heterocycles. The summed E-state index contributed by atoms with van der Waals surface area (Å²) in [4.78, 5) is 0.170. The number of nitrogen functional groups attached to an aromatic ring is 1. The summed E-state index contributed by atoms with van der Waals surface area (Å²) in [6.07, 6.45) is 1.13. The molecule has 0 fully saturated rings. The summed E-state index contributed by atoms with van der Waals surface area (Å²) < 4.78 is 36.1. The number of halogens is 1. The van der Waals surface area contributed by atoms with Crippen molar-refractivity contribution in [3.8, 4) is 0 Å². The molecule has 2 aromatic rings. The van der Waals surface area contributed by atoms with Crippen molar-refractivity contribution in [2.45, 2.75) is 17.9 Å². The maximum absolute atomic E-state index is 13.2. The van der Waals surface area contributed by atoms with E-state index < -0.39 is 9.84 Å². The maximum atomic E-state index is 13.2. The van der Waals surface area contributed by atoms with Crippen LogP contribution in [0, 0.1) is 5.82 Å². The molecule has 2 rings (SSSR count). The van der Waals surface area contributed by atoms with Crippen molar-refractivity contribution in [2.75, 3.05) is 17.3 Å². The highest BCUT2D eigenvalue weighted by molar-refractivity contribution is 7.90. The van der Waals surface area contributed by atoms with Crippen LogP contribution in [0.2, 0.25) is 0 Å². The molecule has 0 saturated heterocycles. The van der Waals surface area contributed by atoms with Crippen LogP contribution in [-0.2, 0) is 9.84 Å².